The highest BCUT2D eigenvalue weighted by Crippen LogP contribution is 2.26. The number of rotatable bonds is 4. The van der Waals surface area contributed by atoms with E-state index in [1.807, 2.05) is 29.0 Å². The quantitative estimate of drug-likeness (QED) is 0.880. The molecule has 0 spiro atoms. The van der Waals surface area contributed by atoms with Crippen LogP contribution in [0.25, 0.3) is 0 Å². The van der Waals surface area contributed by atoms with Crippen LogP contribution in [0, 0.1) is 13.8 Å². The van der Waals surface area contributed by atoms with Gasteiger partial charge in [0.05, 0.1) is 0 Å². The van der Waals surface area contributed by atoms with Crippen LogP contribution in [-0.4, -0.2) is 44.2 Å². The number of likely N-dealkylation sites (N-methyl/N-ethyl adjacent to an activating group) is 1. The largest absolute Gasteiger partial charge is 0.324 e. The highest BCUT2D eigenvalue weighted by atomic mass is 16.2. The van der Waals surface area contributed by atoms with Gasteiger partial charge in [-0.1, -0.05) is 12.1 Å². The van der Waals surface area contributed by atoms with Crippen molar-refractivity contribution >= 4 is 11.7 Å². The first-order valence-electron chi connectivity index (χ1n) is 6.42. The molecule has 0 atom stereocenters. The van der Waals surface area contributed by atoms with Crippen LogP contribution in [0.3, 0.4) is 0 Å². The molecule has 1 aromatic rings. The number of hydrogen-bond acceptors (Lipinski definition) is 2. The zero-order chi connectivity index (χ0) is 13.1. The van der Waals surface area contributed by atoms with Crippen molar-refractivity contribution in [2.45, 2.75) is 13.8 Å². The molecule has 2 amide bonds. The summed E-state index contributed by atoms with van der Waals surface area (Å²) in [5.41, 5.74) is 3.47. The SMILES string of the molecule is CNCCN1CCN(c2cccc(C)c2C)C1=O. The summed E-state index contributed by atoms with van der Waals surface area (Å²) in [7, 11) is 1.91. The minimum Gasteiger partial charge on any atom is -0.321 e. The number of anilines is 1. The normalized spacial score (nSPS) is 15.6. The van der Waals surface area contributed by atoms with Crippen LogP contribution in [0.2, 0.25) is 0 Å². The van der Waals surface area contributed by atoms with Gasteiger partial charge in [-0.25, -0.2) is 4.79 Å². The third-order valence-electron chi connectivity index (χ3n) is 3.59. The predicted octanol–water partition coefficient (Wildman–Crippen LogP) is 1.76. The number of carbonyl (C=O) groups excluding carboxylic acids is 1. The van der Waals surface area contributed by atoms with Crippen molar-refractivity contribution in [1.29, 1.82) is 0 Å². The lowest BCUT2D eigenvalue weighted by Crippen LogP contribution is -2.35. The molecule has 1 aliphatic rings. The molecule has 0 saturated carbocycles. The zero-order valence-corrected chi connectivity index (χ0v) is 11.4. The maximum atomic E-state index is 12.3. The van der Waals surface area contributed by atoms with E-state index in [-0.39, 0.29) is 6.03 Å². The van der Waals surface area contributed by atoms with E-state index in [2.05, 4.69) is 25.2 Å². The maximum Gasteiger partial charge on any atom is 0.324 e. The van der Waals surface area contributed by atoms with Crippen LogP contribution in [0.15, 0.2) is 18.2 Å². The molecule has 0 aliphatic carbocycles. The molecular formula is C14H21N3O. The van der Waals surface area contributed by atoms with Gasteiger partial charge in [-0.2, -0.15) is 0 Å². The number of aryl methyl sites for hydroxylation is 1. The minimum absolute atomic E-state index is 0.124. The molecule has 98 valence electrons. The Labute approximate surface area is 109 Å². The van der Waals surface area contributed by atoms with E-state index in [0.29, 0.717) is 0 Å². The number of amides is 2. The third-order valence-corrected chi connectivity index (χ3v) is 3.59. The summed E-state index contributed by atoms with van der Waals surface area (Å²) in [4.78, 5) is 16.1. The highest BCUT2D eigenvalue weighted by Gasteiger charge is 2.29. The number of hydrogen-bond donors (Lipinski definition) is 1. The Kier molecular flexibility index (Phi) is 3.87. The fourth-order valence-electron chi connectivity index (χ4n) is 2.29. The van der Waals surface area contributed by atoms with E-state index in [1.54, 1.807) is 0 Å². The lowest BCUT2D eigenvalue weighted by Gasteiger charge is -2.21. The summed E-state index contributed by atoms with van der Waals surface area (Å²) >= 11 is 0. The number of benzene rings is 1. The lowest BCUT2D eigenvalue weighted by atomic mass is 10.1. The second-order valence-corrected chi connectivity index (χ2v) is 4.74. The van der Waals surface area contributed by atoms with Gasteiger partial charge in [0.1, 0.15) is 0 Å². The van der Waals surface area contributed by atoms with Gasteiger partial charge in [0.25, 0.3) is 0 Å². The van der Waals surface area contributed by atoms with Crippen molar-refractivity contribution < 1.29 is 4.79 Å². The number of urea groups is 1. The van der Waals surface area contributed by atoms with Crippen molar-refractivity contribution in [3.05, 3.63) is 29.3 Å². The van der Waals surface area contributed by atoms with Gasteiger partial charge in [0.2, 0.25) is 0 Å². The number of nitrogens with zero attached hydrogens (tertiary/aromatic N) is 2. The molecule has 2 rings (SSSR count). The number of nitrogens with one attached hydrogen (secondary N) is 1. The van der Waals surface area contributed by atoms with Crippen LogP contribution in [0.5, 0.6) is 0 Å². The summed E-state index contributed by atoms with van der Waals surface area (Å²) in [6.07, 6.45) is 0. The van der Waals surface area contributed by atoms with Crippen LogP contribution in [-0.2, 0) is 0 Å². The van der Waals surface area contributed by atoms with Gasteiger partial charge in [-0.3, -0.25) is 4.90 Å². The molecule has 1 aliphatic heterocycles. The molecule has 0 aromatic heterocycles. The van der Waals surface area contributed by atoms with Gasteiger partial charge < -0.3 is 10.2 Å². The van der Waals surface area contributed by atoms with E-state index >= 15 is 0 Å². The summed E-state index contributed by atoms with van der Waals surface area (Å²) < 4.78 is 0. The second-order valence-electron chi connectivity index (χ2n) is 4.74. The molecular weight excluding hydrogens is 226 g/mol. The van der Waals surface area contributed by atoms with Gasteiger partial charge in [0, 0.05) is 31.9 Å². The van der Waals surface area contributed by atoms with E-state index < -0.39 is 0 Å². The summed E-state index contributed by atoms with van der Waals surface area (Å²) in [6, 6.07) is 6.25. The first-order chi connectivity index (χ1) is 8.65. The average Bonchev–Trinajstić information content (AvgIpc) is 2.72. The Morgan fingerprint density at radius 3 is 2.78 bits per heavy atom. The molecule has 1 N–H and O–H groups in total. The molecule has 0 radical (unpaired) electrons. The fraction of sp³-hybridized carbons (Fsp3) is 0.500. The molecule has 1 aromatic carbocycles. The van der Waals surface area contributed by atoms with Crippen LogP contribution in [0.4, 0.5) is 10.5 Å². The fourth-order valence-corrected chi connectivity index (χ4v) is 2.29. The van der Waals surface area contributed by atoms with E-state index in [0.717, 1.165) is 31.9 Å². The van der Waals surface area contributed by atoms with Gasteiger partial charge in [-0.15, -0.1) is 0 Å². The molecule has 1 saturated heterocycles. The lowest BCUT2D eigenvalue weighted by molar-refractivity contribution is 0.221. The van der Waals surface area contributed by atoms with Crippen LogP contribution < -0.4 is 10.2 Å². The first kappa shape index (κ1) is 12.9. The van der Waals surface area contributed by atoms with Crippen LogP contribution in [0.1, 0.15) is 11.1 Å². The smallest absolute Gasteiger partial charge is 0.321 e. The van der Waals surface area contributed by atoms with Crippen molar-refractivity contribution in [2.75, 3.05) is 38.1 Å². The Morgan fingerprint density at radius 1 is 1.28 bits per heavy atom. The standard InChI is InChI=1S/C14H21N3O/c1-11-5-4-6-13(12(11)2)17-10-9-16(14(17)18)8-7-15-3/h4-6,15H,7-10H2,1-3H3. The highest BCUT2D eigenvalue weighted by molar-refractivity contribution is 5.95. The maximum absolute atomic E-state index is 12.3. The Balaban J connectivity index is 2.16. The second kappa shape index (κ2) is 5.40. The average molecular weight is 247 g/mol. The first-order valence-corrected chi connectivity index (χ1v) is 6.42. The third kappa shape index (κ3) is 2.34. The Bertz CT molecular complexity index is 445. The predicted molar refractivity (Wildman–Crippen MR) is 74.2 cm³/mol. The van der Waals surface area contributed by atoms with Crippen molar-refractivity contribution in [3.8, 4) is 0 Å². The topological polar surface area (TPSA) is 35.6 Å². The van der Waals surface area contributed by atoms with Crippen LogP contribution >= 0.6 is 0 Å². The molecule has 4 heteroatoms. The summed E-state index contributed by atoms with van der Waals surface area (Å²) in [5, 5.41) is 3.08. The molecule has 1 fully saturated rings. The van der Waals surface area contributed by atoms with Gasteiger partial charge >= 0.3 is 6.03 Å². The van der Waals surface area contributed by atoms with Crippen molar-refractivity contribution in [1.82, 2.24) is 10.2 Å². The van der Waals surface area contributed by atoms with E-state index in [9.17, 15) is 4.79 Å². The molecule has 0 bridgehead atoms. The molecule has 18 heavy (non-hydrogen) atoms. The Hall–Kier alpha value is -1.55. The minimum atomic E-state index is 0.124. The summed E-state index contributed by atoms with van der Waals surface area (Å²) in [5.74, 6) is 0. The van der Waals surface area contributed by atoms with Gasteiger partial charge in [0.15, 0.2) is 0 Å². The number of carbonyl (C=O) groups is 1. The zero-order valence-electron chi connectivity index (χ0n) is 11.4. The molecule has 0 unspecified atom stereocenters. The van der Waals surface area contributed by atoms with Crippen molar-refractivity contribution in [2.24, 2.45) is 0 Å². The Morgan fingerprint density at radius 2 is 2.06 bits per heavy atom. The van der Waals surface area contributed by atoms with Crippen molar-refractivity contribution in [3.63, 3.8) is 0 Å². The van der Waals surface area contributed by atoms with E-state index in [4.69, 9.17) is 0 Å². The summed E-state index contributed by atoms with van der Waals surface area (Å²) in [6.45, 7) is 7.37. The van der Waals surface area contributed by atoms with E-state index in [1.165, 1.54) is 11.1 Å². The monoisotopic (exact) mass is 247 g/mol. The molecule has 1 heterocycles. The van der Waals surface area contributed by atoms with Gasteiger partial charge in [-0.05, 0) is 38.1 Å². The molecule has 4 nitrogen and oxygen atoms in total.